The van der Waals surface area contributed by atoms with E-state index in [2.05, 4.69) is 5.32 Å². The highest BCUT2D eigenvalue weighted by atomic mass is 35.5. The van der Waals surface area contributed by atoms with E-state index in [1.165, 1.54) is 5.56 Å². The molecule has 11 heavy (non-hydrogen) atoms. The molecule has 0 radical (unpaired) electrons. The fourth-order valence-electron chi connectivity index (χ4n) is 0.796. The van der Waals surface area contributed by atoms with Crippen LogP contribution in [0.4, 0.5) is 0 Å². The summed E-state index contributed by atoms with van der Waals surface area (Å²) < 4.78 is 0. The predicted octanol–water partition coefficient (Wildman–Crippen LogP) is 1.15. The lowest BCUT2D eigenvalue weighted by Crippen LogP contribution is -2.13. The molecule has 0 spiro atoms. The van der Waals surface area contributed by atoms with Gasteiger partial charge in [0.2, 0.25) is 0 Å². The zero-order chi connectivity index (χ0) is 7.23. The molecule has 0 saturated carbocycles. The van der Waals surface area contributed by atoms with Gasteiger partial charge in [-0.15, -0.1) is 12.4 Å². The normalized spacial score (nSPS) is 8.82. The van der Waals surface area contributed by atoms with Crippen LogP contribution in [-0.2, 0) is 6.54 Å². The fraction of sp³-hybridized carbons (Fsp3) is 0.250. The summed E-state index contributed by atoms with van der Waals surface area (Å²) in [5, 5.41) is 11.2. The molecule has 0 atom stereocenters. The smallest absolute Gasteiger partial charge is 0.0934 e. The van der Waals surface area contributed by atoms with E-state index in [1.54, 1.807) is 0 Å². The lowest BCUT2D eigenvalue weighted by Gasteiger charge is -1.98. The molecule has 0 heterocycles. The van der Waals surface area contributed by atoms with Crippen molar-refractivity contribution >= 4 is 12.4 Å². The maximum absolute atomic E-state index is 8.42. The predicted molar refractivity (Wildman–Crippen MR) is 47.6 cm³/mol. The Bertz CT molecular complexity index is 179. The van der Waals surface area contributed by atoms with E-state index in [0.29, 0.717) is 0 Å². The molecule has 1 aromatic rings. The number of benzene rings is 1. The van der Waals surface area contributed by atoms with Crippen LogP contribution in [0.5, 0.6) is 0 Å². The second-order valence-electron chi connectivity index (χ2n) is 2.07. The van der Waals surface area contributed by atoms with E-state index >= 15 is 0 Å². The first-order valence-electron chi connectivity index (χ1n) is 3.29. The molecule has 0 aliphatic rings. The van der Waals surface area contributed by atoms with Crippen LogP contribution in [0.1, 0.15) is 5.56 Å². The Morgan fingerprint density at radius 2 is 1.82 bits per heavy atom. The van der Waals surface area contributed by atoms with E-state index in [4.69, 9.17) is 5.11 Å². The van der Waals surface area contributed by atoms with Crippen LogP contribution in [0.2, 0.25) is 0 Å². The first-order valence-corrected chi connectivity index (χ1v) is 3.29. The molecule has 0 aromatic heterocycles. The molecule has 0 unspecified atom stereocenters. The van der Waals surface area contributed by atoms with Crippen LogP contribution >= 0.6 is 12.4 Å². The van der Waals surface area contributed by atoms with E-state index < -0.39 is 0 Å². The molecule has 62 valence electrons. The van der Waals surface area contributed by atoms with Crippen molar-refractivity contribution in [2.24, 2.45) is 0 Å². The van der Waals surface area contributed by atoms with E-state index in [0.717, 1.165) is 6.54 Å². The lowest BCUT2D eigenvalue weighted by molar-refractivity contribution is 0.259. The third-order valence-electron chi connectivity index (χ3n) is 1.28. The SMILES string of the molecule is Cl.OCNCc1ccccc1. The Kier molecular flexibility index (Phi) is 5.84. The quantitative estimate of drug-likeness (QED) is 0.673. The van der Waals surface area contributed by atoms with Crippen molar-refractivity contribution in [1.29, 1.82) is 0 Å². The summed E-state index contributed by atoms with van der Waals surface area (Å²) in [5.74, 6) is 0. The summed E-state index contributed by atoms with van der Waals surface area (Å²) in [5.41, 5.74) is 1.19. The molecule has 1 rings (SSSR count). The second kappa shape index (κ2) is 6.16. The van der Waals surface area contributed by atoms with Crippen molar-refractivity contribution in [3.63, 3.8) is 0 Å². The molecular weight excluding hydrogens is 162 g/mol. The molecule has 0 aliphatic heterocycles. The number of rotatable bonds is 3. The molecular formula is C8H12ClNO. The standard InChI is InChI=1S/C8H11NO.ClH/c10-7-9-6-8-4-2-1-3-5-8;/h1-5,9-10H,6-7H2;1H. The summed E-state index contributed by atoms with van der Waals surface area (Å²) in [6, 6.07) is 9.97. The topological polar surface area (TPSA) is 32.3 Å². The molecule has 0 bridgehead atoms. The van der Waals surface area contributed by atoms with Crippen molar-refractivity contribution < 1.29 is 5.11 Å². The first kappa shape index (κ1) is 10.4. The molecule has 2 N–H and O–H groups in total. The molecule has 2 nitrogen and oxygen atoms in total. The maximum atomic E-state index is 8.42. The van der Waals surface area contributed by atoms with Crippen molar-refractivity contribution in [2.75, 3.05) is 6.73 Å². The fourth-order valence-corrected chi connectivity index (χ4v) is 0.796. The van der Waals surface area contributed by atoms with Gasteiger partial charge in [0.1, 0.15) is 0 Å². The summed E-state index contributed by atoms with van der Waals surface area (Å²) in [6.07, 6.45) is 0. The van der Waals surface area contributed by atoms with Gasteiger partial charge < -0.3 is 5.11 Å². The third kappa shape index (κ3) is 3.98. The van der Waals surface area contributed by atoms with Gasteiger partial charge in [0.25, 0.3) is 0 Å². The Morgan fingerprint density at radius 1 is 1.18 bits per heavy atom. The monoisotopic (exact) mass is 173 g/mol. The van der Waals surface area contributed by atoms with E-state index in [1.807, 2.05) is 30.3 Å². The highest BCUT2D eigenvalue weighted by molar-refractivity contribution is 5.85. The zero-order valence-corrected chi connectivity index (χ0v) is 6.97. The summed E-state index contributed by atoms with van der Waals surface area (Å²) in [6.45, 7) is 0.770. The zero-order valence-electron chi connectivity index (χ0n) is 6.16. The Morgan fingerprint density at radius 3 is 2.36 bits per heavy atom. The molecule has 0 fully saturated rings. The molecule has 0 amide bonds. The van der Waals surface area contributed by atoms with E-state index in [-0.39, 0.29) is 19.1 Å². The summed E-state index contributed by atoms with van der Waals surface area (Å²) in [4.78, 5) is 0. The first-order chi connectivity index (χ1) is 4.93. The lowest BCUT2D eigenvalue weighted by atomic mass is 10.2. The van der Waals surface area contributed by atoms with Crippen LogP contribution < -0.4 is 5.32 Å². The van der Waals surface area contributed by atoms with Crippen LogP contribution in [0.15, 0.2) is 30.3 Å². The minimum atomic E-state index is 0. The minimum Gasteiger partial charge on any atom is -0.381 e. The van der Waals surface area contributed by atoms with Gasteiger partial charge in [0.15, 0.2) is 0 Å². The Balaban J connectivity index is 0.000001000. The molecule has 0 saturated heterocycles. The second-order valence-corrected chi connectivity index (χ2v) is 2.07. The number of hydrogen-bond acceptors (Lipinski definition) is 2. The van der Waals surface area contributed by atoms with Gasteiger partial charge in [-0.25, -0.2) is 0 Å². The number of nitrogens with one attached hydrogen (secondary N) is 1. The van der Waals surface area contributed by atoms with Crippen molar-refractivity contribution in [3.8, 4) is 0 Å². The van der Waals surface area contributed by atoms with Crippen molar-refractivity contribution in [2.45, 2.75) is 6.54 Å². The van der Waals surface area contributed by atoms with Gasteiger partial charge in [-0.2, -0.15) is 0 Å². The number of halogens is 1. The highest BCUT2D eigenvalue weighted by Gasteiger charge is 1.86. The average molecular weight is 174 g/mol. The molecule has 0 aliphatic carbocycles. The third-order valence-corrected chi connectivity index (χ3v) is 1.28. The van der Waals surface area contributed by atoms with Gasteiger partial charge in [-0.3, -0.25) is 5.32 Å². The van der Waals surface area contributed by atoms with Gasteiger partial charge in [-0.1, -0.05) is 30.3 Å². The van der Waals surface area contributed by atoms with Crippen LogP contribution in [-0.4, -0.2) is 11.8 Å². The van der Waals surface area contributed by atoms with Gasteiger partial charge in [0.05, 0.1) is 6.73 Å². The van der Waals surface area contributed by atoms with Gasteiger partial charge >= 0.3 is 0 Å². The molecule has 1 aromatic carbocycles. The van der Waals surface area contributed by atoms with Crippen LogP contribution in [0.25, 0.3) is 0 Å². The van der Waals surface area contributed by atoms with Crippen molar-refractivity contribution in [1.82, 2.24) is 5.32 Å². The van der Waals surface area contributed by atoms with Crippen LogP contribution in [0.3, 0.4) is 0 Å². The number of aliphatic hydroxyl groups is 1. The molecule has 3 heteroatoms. The Labute approximate surface area is 72.7 Å². The summed E-state index contributed by atoms with van der Waals surface area (Å²) in [7, 11) is 0. The van der Waals surface area contributed by atoms with Gasteiger partial charge in [0, 0.05) is 6.54 Å². The van der Waals surface area contributed by atoms with Gasteiger partial charge in [-0.05, 0) is 5.56 Å². The van der Waals surface area contributed by atoms with Crippen LogP contribution in [0, 0.1) is 0 Å². The summed E-state index contributed by atoms with van der Waals surface area (Å²) >= 11 is 0. The number of hydrogen-bond donors (Lipinski definition) is 2. The Hall–Kier alpha value is -0.570. The number of aliphatic hydroxyl groups excluding tert-OH is 1. The maximum Gasteiger partial charge on any atom is 0.0934 e. The van der Waals surface area contributed by atoms with E-state index in [9.17, 15) is 0 Å². The average Bonchev–Trinajstić information content (AvgIpc) is 2.03. The highest BCUT2D eigenvalue weighted by Crippen LogP contribution is 1.95. The van der Waals surface area contributed by atoms with Crippen molar-refractivity contribution in [3.05, 3.63) is 35.9 Å². The largest absolute Gasteiger partial charge is 0.381 e. The minimum absolute atomic E-state index is 0.